The summed E-state index contributed by atoms with van der Waals surface area (Å²) in [6.45, 7) is 2.23. The molecule has 0 bridgehead atoms. The first kappa shape index (κ1) is 11.3. The molecule has 1 saturated heterocycles. The molecule has 1 aromatic rings. The van der Waals surface area contributed by atoms with Gasteiger partial charge >= 0.3 is 0 Å². The largest absolute Gasteiger partial charge is 0.323 e. The van der Waals surface area contributed by atoms with Crippen LogP contribution in [0.5, 0.6) is 0 Å². The maximum absolute atomic E-state index is 6.34. The summed E-state index contributed by atoms with van der Waals surface area (Å²) in [5.74, 6) is 0. The van der Waals surface area contributed by atoms with Gasteiger partial charge in [0.25, 0.3) is 0 Å². The summed E-state index contributed by atoms with van der Waals surface area (Å²) in [6.07, 6.45) is 3.52. The molecule has 5 heteroatoms. The summed E-state index contributed by atoms with van der Waals surface area (Å²) >= 11 is 1.73. The fraction of sp³-hybridized carbons (Fsp3) is 0.700. The van der Waals surface area contributed by atoms with E-state index in [1.165, 1.54) is 23.4 Å². The molecule has 1 aromatic heterocycles. The van der Waals surface area contributed by atoms with Crippen LogP contribution in [0.25, 0.3) is 0 Å². The van der Waals surface area contributed by atoms with E-state index in [-0.39, 0.29) is 18.4 Å². The minimum atomic E-state index is 0. The van der Waals surface area contributed by atoms with E-state index in [2.05, 4.69) is 10.3 Å². The van der Waals surface area contributed by atoms with Crippen molar-refractivity contribution in [3.05, 3.63) is 16.1 Å². The zero-order valence-electron chi connectivity index (χ0n) is 8.53. The predicted octanol–water partition coefficient (Wildman–Crippen LogP) is 1.49. The van der Waals surface area contributed by atoms with Crippen LogP contribution in [0.3, 0.4) is 0 Å². The Morgan fingerprint density at radius 1 is 1.47 bits per heavy atom. The van der Waals surface area contributed by atoms with Crippen molar-refractivity contribution in [1.82, 2.24) is 10.3 Å². The Morgan fingerprint density at radius 3 is 2.87 bits per heavy atom. The molecule has 1 aliphatic heterocycles. The van der Waals surface area contributed by atoms with Crippen molar-refractivity contribution in [2.75, 3.05) is 13.1 Å². The van der Waals surface area contributed by atoms with E-state index in [1.807, 2.05) is 5.51 Å². The third-order valence-corrected chi connectivity index (χ3v) is 4.69. The quantitative estimate of drug-likeness (QED) is 0.728. The van der Waals surface area contributed by atoms with Crippen LogP contribution in [0.4, 0.5) is 0 Å². The number of nitrogens with one attached hydrogen (secondary N) is 1. The highest BCUT2D eigenvalue weighted by Crippen LogP contribution is 2.50. The number of thiazole rings is 1. The molecule has 15 heavy (non-hydrogen) atoms. The molecule has 3 N–H and O–H groups in total. The van der Waals surface area contributed by atoms with Crippen molar-refractivity contribution in [2.24, 2.45) is 11.1 Å². The Morgan fingerprint density at radius 2 is 2.20 bits per heavy atom. The zero-order valence-corrected chi connectivity index (χ0v) is 10.2. The Balaban J connectivity index is 0.000000853. The number of hydrogen-bond acceptors (Lipinski definition) is 4. The van der Waals surface area contributed by atoms with Crippen LogP contribution in [0, 0.1) is 5.41 Å². The van der Waals surface area contributed by atoms with Gasteiger partial charge in [-0.3, -0.25) is 0 Å². The van der Waals surface area contributed by atoms with Crippen LogP contribution < -0.4 is 11.1 Å². The second-order valence-electron chi connectivity index (χ2n) is 4.43. The van der Waals surface area contributed by atoms with Crippen molar-refractivity contribution >= 4 is 23.7 Å². The number of nitrogens with two attached hydrogens (primary N) is 1. The van der Waals surface area contributed by atoms with Gasteiger partial charge in [-0.2, -0.15) is 0 Å². The van der Waals surface area contributed by atoms with Crippen LogP contribution in [0.2, 0.25) is 0 Å². The Kier molecular flexibility index (Phi) is 3.03. The highest BCUT2D eigenvalue weighted by Gasteiger charge is 2.46. The van der Waals surface area contributed by atoms with Crippen molar-refractivity contribution in [1.29, 1.82) is 0 Å². The first-order valence-corrected chi connectivity index (χ1v) is 6.08. The monoisotopic (exact) mass is 245 g/mol. The van der Waals surface area contributed by atoms with Gasteiger partial charge in [0.1, 0.15) is 0 Å². The average Bonchev–Trinajstić information content (AvgIpc) is 2.73. The van der Waals surface area contributed by atoms with Gasteiger partial charge in [-0.1, -0.05) is 0 Å². The smallest absolute Gasteiger partial charge is 0.0798 e. The Bertz CT molecular complexity index is 346. The van der Waals surface area contributed by atoms with Crippen LogP contribution in [0.15, 0.2) is 5.51 Å². The first-order valence-electron chi connectivity index (χ1n) is 5.20. The maximum Gasteiger partial charge on any atom is 0.0798 e. The maximum atomic E-state index is 6.34. The van der Waals surface area contributed by atoms with Crippen LogP contribution in [0.1, 0.15) is 29.5 Å². The van der Waals surface area contributed by atoms with Crippen LogP contribution >= 0.6 is 23.7 Å². The van der Waals surface area contributed by atoms with Gasteiger partial charge in [0.05, 0.1) is 11.2 Å². The summed E-state index contributed by atoms with van der Waals surface area (Å²) in [6, 6.07) is 0.243. The summed E-state index contributed by atoms with van der Waals surface area (Å²) in [5, 5.41) is 3.40. The molecule has 0 radical (unpaired) electrons. The molecule has 84 valence electrons. The summed E-state index contributed by atoms with van der Waals surface area (Å²) in [5.41, 5.74) is 9.87. The summed E-state index contributed by atoms with van der Waals surface area (Å²) in [4.78, 5) is 5.75. The van der Waals surface area contributed by atoms with E-state index < -0.39 is 0 Å². The van der Waals surface area contributed by atoms with Crippen LogP contribution in [-0.4, -0.2) is 18.1 Å². The van der Waals surface area contributed by atoms with Crippen molar-refractivity contribution in [3.63, 3.8) is 0 Å². The molecule has 1 aliphatic carbocycles. The molecular weight excluding hydrogens is 230 g/mol. The third kappa shape index (κ3) is 1.60. The number of hydrogen-bond donors (Lipinski definition) is 2. The van der Waals surface area contributed by atoms with E-state index in [4.69, 9.17) is 5.73 Å². The molecule has 2 aliphatic rings. The molecule has 2 heterocycles. The van der Waals surface area contributed by atoms with Gasteiger partial charge in [0, 0.05) is 10.9 Å². The normalized spacial score (nSPS) is 27.4. The molecule has 1 atom stereocenters. The predicted molar refractivity (Wildman–Crippen MR) is 64.5 cm³/mol. The van der Waals surface area contributed by atoms with E-state index in [0.29, 0.717) is 5.41 Å². The lowest BCUT2D eigenvalue weighted by Gasteiger charge is -2.37. The number of fused-ring (bicyclic) bond motifs is 1. The molecule has 0 amide bonds. The van der Waals surface area contributed by atoms with E-state index in [1.54, 1.807) is 11.3 Å². The number of nitrogens with zero attached hydrogens (tertiary/aromatic N) is 1. The van der Waals surface area contributed by atoms with Gasteiger partial charge in [0.15, 0.2) is 0 Å². The lowest BCUT2D eigenvalue weighted by Crippen LogP contribution is -2.42. The minimum absolute atomic E-state index is 0. The van der Waals surface area contributed by atoms with Gasteiger partial charge in [0.2, 0.25) is 0 Å². The topological polar surface area (TPSA) is 50.9 Å². The Labute approximate surface area is 99.9 Å². The molecule has 1 fully saturated rings. The lowest BCUT2D eigenvalue weighted by molar-refractivity contribution is 0.174. The van der Waals surface area contributed by atoms with Crippen molar-refractivity contribution < 1.29 is 0 Å². The number of piperidine rings is 1. The summed E-state index contributed by atoms with van der Waals surface area (Å²) in [7, 11) is 0. The number of halogens is 1. The van der Waals surface area contributed by atoms with Gasteiger partial charge in [-0.15, -0.1) is 23.7 Å². The van der Waals surface area contributed by atoms with Gasteiger partial charge in [-0.25, -0.2) is 4.98 Å². The first-order chi connectivity index (χ1) is 6.82. The number of aromatic nitrogens is 1. The Hall–Kier alpha value is -0.160. The third-order valence-electron chi connectivity index (χ3n) is 3.73. The summed E-state index contributed by atoms with van der Waals surface area (Å²) < 4.78 is 0. The minimum Gasteiger partial charge on any atom is -0.323 e. The second kappa shape index (κ2) is 4.01. The lowest BCUT2D eigenvalue weighted by atomic mass is 9.74. The van der Waals surface area contributed by atoms with Crippen LogP contribution in [-0.2, 0) is 6.42 Å². The zero-order chi connectivity index (χ0) is 9.60. The van der Waals surface area contributed by atoms with Crippen molar-refractivity contribution in [2.45, 2.75) is 25.3 Å². The molecule has 1 spiro atoms. The average molecular weight is 246 g/mol. The van der Waals surface area contributed by atoms with Gasteiger partial charge in [-0.05, 0) is 37.8 Å². The van der Waals surface area contributed by atoms with Gasteiger partial charge < -0.3 is 11.1 Å². The second-order valence-corrected chi connectivity index (χ2v) is 5.32. The van der Waals surface area contributed by atoms with Crippen molar-refractivity contribution in [3.8, 4) is 0 Å². The fourth-order valence-corrected chi connectivity index (χ4v) is 3.75. The molecule has 0 unspecified atom stereocenters. The molecule has 3 nitrogen and oxygen atoms in total. The molecule has 0 aromatic carbocycles. The number of rotatable bonds is 0. The van der Waals surface area contributed by atoms with E-state index in [0.717, 1.165) is 19.5 Å². The molecule has 0 saturated carbocycles. The molecular formula is C10H16ClN3S. The molecule has 3 rings (SSSR count). The standard InChI is InChI=1S/C10H15N3S.ClH/c11-9-8-7(13-6-14-8)5-10(9)1-3-12-4-2-10;/h6,9,12H,1-5,11H2;1H/t9-;/m1./s1. The highest BCUT2D eigenvalue weighted by molar-refractivity contribution is 7.09. The highest BCUT2D eigenvalue weighted by atomic mass is 35.5. The van der Waals surface area contributed by atoms with E-state index in [9.17, 15) is 0 Å². The van der Waals surface area contributed by atoms with E-state index >= 15 is 0 Å². The fourth-order valence-electron chi connectivity index (χ4n) is 2.80. The SMILES string of the molecule is Cl.N[C@@H]1c2scnc2CC12CCNCC2.